The average Bonchev–Trinajstić information content (AvgIpc) is 3.26. The Morgan fingerprint density at radius 3 is 3.04 bits per heavy atom. The van der Waals surface area contributed by atoms with Crippen LogP contribution in [0.5, 0.6) is 0 Å². The molecule has 0 aliphatic carbocycles. The van der Waals surface area contributed by atoms with Gasteiger partial charge in [-0.25, -0.2) is 4.98 Å². The highest BCUT2D eigenvalue weighted by molar-refractivity contribution is 5.39. The van der Waals surface area contributed by atoms with Crippen molar-refractivity contribution in [1.29, 1.82) is 0 Å². The zero-order valence-corrected chi connectivity index (χ0v) is 13.3. The van der Waals surface area contributed by atoms with E-state index in [2.05, 4.69) is 36.6 Å². The number of ether oxygens (including phenoxy) is 1. The van der Waals surface area contributed by atoms with E-state index in [1.165, 1.54) is 5.69 Å². The number of hydrogen-bond acceptors (Lipinski definition) is 5. The third-order valence-corrected chi connectivity index (χ3v) is 4.62. The molecule has 120 valence electrons. The fourth-order valence-electron chi connectivity index (χ4n) is 3.41. The number of fused-ring (bicyclic) bond motifs is 1. The molecule has 0 saturated carbocycles. The molecule has 0 N–H and O–H groups in total. The summed E-state index contributed by atoms with van der Waals surface area (Å²) in [6.45, 7) is 1.71. The van der Waals surface area contributed by atoms with Crippen molar-refractivity contribution in [3.8, 4) is 0 Å². The molecule has 0 spiro atoms. The molecule has 0 aromatic carbocycles. The topological polar surface area (TPSA) is 60.5 Å². The monoisotopic (exact) mass is 312 g/mol. The van der Waals surface area contributed by atoms with Crippen LogP contribution in [0.4, 0.5) is 0 Å². The number of hydrogen-bond donors (Lipinski definition) is 0. The standard InChI is InChI=1S/C16H20N6O/c1-20-11-18-19-16(20)14-8-13(23-2)10-21(14)9-12-4-3-5-15-17-6-7-22(12)15/h3-7,11,13-14H,8-10H2,1-2H3/t13-,14+/m1/s1. The summed E-state index contributed by atoms with van der Waals surface area (Å²) in [7, 11) is 3.77. The van der Waals surface area contributed by atoms with Gasteiger partial charge in [-0.2, -0.15) is 0 Å². The van der Waals surface area contributed by atoms with E-state index in [0.717, 1.165) is 31.0 Å². The predicted molar refractivity (Wildman–Crippen MR) is 84.8 cm³/mol. The SMILES string of the molecule is CO[C@@H]1C[C@@H](c2nncn2C)N(Cc2cccc3nccn23)C1. The van der Waals surface area contributed by atoms with Crippen molar-refractivity contribution in [2.24, 2.45) is 7.05 Å². The van der Waals surface area contributed by atoms with Crippen molar-refractivity contribution in [2.75, 3.05) is 13.7 Å². The van der Waals surface area contributed by atoms with E-state index in [4.69, 9.17) is 4.74 Å². The Hall–Kier alpha value is -2.25. The lowest BCUT2D eigenvalue weighted by atomic mass is 10.2. The van der Waals surface area contributed by atoms with Crippen LogP contribution in [-0.4, -0.2) is 48.8 Å². The molecule has 0 amide bonds. The molecule has 1 saturated heterocycles. The largest absolute Gasteiger partial charge is 0.380 e. The Labute approximate surface area is 134 Å². The first-order chi connectivity index (χ1) is 11.3. The lowest BCUT2D eigenvalue weighted by molar-refractivity contribution is 0.107. The first kappa shape index (κ1) is 14.3. The van der Waals surface area contributed by atoms with Crippen LogP contribution >= 0.6 is 0 Å². The summed E-state index contributed by atoms with van der Waals surface area (Å²) >= 11 is 0. The summed E-state index contributed by atoms with van der Waals surface area (Å²) < 4.78 is 9.73. The van der Waals surface area contributed by atoms with Crippen LogP contribution in [0, 0.1) is 0 Å². The van der Waals surface area contributed by atoms with Gasteiger partial charge in [-0.3, -0.25) is 4.90 Å². The molecule has 7 nitrogen and oxygen atoms in total. The molecule has 0 radical (unpaired) electrons. The maximum atomic E-state index is 5.60. The van der Waals surface area contributed by atoms with Gasteiger partial charge in [0.2, 0.25) is 0 Å². The molecular formula is C16H20N6O. The molecule has 4 rings (SSSR count). The molecular weight excluding hydrogens is 292 g/mol. The van der Waals surface area contributed by atoms with E-state index in [-0.39, 0.29) is 12.1 Å². The zero-order chi connectivity index (χ0) is 15.8. The maximum absolute atomic E-state index is 5.60. The van der Waals surface area contributed by atoms with Crippen molar-refractivity contribution in [3.63, 3.8) is 0 Å². The molecule has 1 aliphatic heterocycles. The van der Waals surface area contributed by atoms with Gasteiger partial charge in [-0.05, 0) is 18.6 Å². The average molecular weight is 312 g/mol. The normalized spacial score (nSPS) is 22.2. The van der Waals surface area contributed by atoms with Crippen LogP contribution < -0.4 is 0 Å². The van der Waals surface area contributed by atoms with Gasteiger partial charge in [0, 0.05) is 45.3 Å². The summed E-state index contributed by atoms with van der Waals surface area (Å²) in [4.78, 5) is 6.77. The van der Waals surface area contributed by atoms with E-state index < -0.39 is 0 Å². The quantitative estimate of drug-likeness (QED) is 0.729. The van der Waals surface area contributed by atoms with E-state index in [0.29, 0.717) is 0 Å². The van der Waals surface area contributed by atoms with Crippen molar-refractivity contribution < 1.29 is 4.74 Å². The number of pyridine rings is 1. The highest BCUT2D eigenvalue weighted by Crippen LogP contribution is 2.33. The van der Waals surface area contributed by atoms with Gasteiger partial charge in [0.1, 0.15) is 17.8 Å². The van der Waals surface area contributed by atoms with Gasteiger partial charge in [-0.1, -0.05) is 6.07 Å². The number of nitrogens with zero attached hydrogens (tertiary/aromatic N) is 6. The fraction of sp³-hybridized carbons (Fsp3) is 0.438. The Kier molecular flexibility index (Phi) is 3.59. The maximum Gasteiger partial charge on any atom is 0.150 e. The van der Waals surface area contributed by atoms with E-state index in [9.17, 15) is 0 Å². The summed E-state index contributed by atoms with van der Waals surface area (Å²) in [5.41, 5.74) is 2.18. The zero-order valence-electron chi connectivity index (χ0n) is 13.3. The molecule has 0 bridgehead atoms. The van der Waals surface area contributed by atoms with Crippen molar-refractivity contribution in [2.45, 2.75) is 25.1 Å². The third kappa shape index (κ3) is 2.51. The van der Waals surface area contributed by atoms with Gasteiger partial charge in [-0.15, -0.1) is 10.2 Å². The van der Waals surface area contributed by atoms with E-state index >= 15 is 0 Å². The molecule has 7 heteroatoms. The van der Waals surface area contributed by atoms with Gasteiger partial charge in [0.25, 0.3) is 0 Å². The Morgan fingerprint density at radius 1 is 1.35 bits per heavy atom. The number of likely N-dealkylation sites (tertiary alicyclic amines) is 1. The second kappa shape index (κ2) is 5.75. The van der Waals surface area contributed by atoms with Crippen LogP contribution in [0.3, 0.4) is 0 Å². The Balaban J connectivity index is 1.65. The van der Waals surface area contributed by atoms with Crippen LogP contribution in [0.2, 0.25) is 0 Å². The minimum Gasteiger partial charge on any atom is -0.380 e. The second-order valence-electron chi connectivity index (χ2n) is 6.01. The summed E-state index contributed by atoms with van der Waals surface area (Å²) in [6, 6.07) is 6.43. The Morgan fingerprint density at radius 2 is 2.26 bits per heavy atom. The van der Waals surface area contributed by atoms with Crippen LogP contribution in [-0.2, 0) is 18.3 Å². The van der Waals surface area contributed by atoms with Gasteiger partial charge in [0.15, 0.2) is 0 Å². The minimum atomic E-state index is 0.214. The smallest absolute Gasteiger partial charge is 0.150 e. The third-order valence-electron chi connectivity index (χ3n) is 4.62. The number of imidazole rings is 1. The van der Waals surface area contributed by atoms with Gasteiger partial charge in [0.05, 0.1) is 12.1 Å². The molecule has 23 heavy (non-hydrogen) atoms. The van der Waals surface area contributed by atoms with Crippen molar-refractivity contribution >= 4 is 5.65 Å². The number of methoxy groups -OCH3 is 1. The van der Waals surface area contributed by atoms with Crippen LogP contribution in [0.25, 0.3) is 5.65 Å². The first-order valence-electron chi connectivity index (χ1n) is 7.78. The second-order valence-corrected chi connectivity index (χ2v) is 6.01. The molecule has 1 fully saturated rings. The van der Waals surface area contributed by atoms with E-state index in [1.54, 1.807) is 13.4 Å². The van der Waals surface area contributed by atoms with Crippen molar-refractivity contribution in [1.82, 2.24) is 29.0 Å². The number of rotatable bonds is 4. The highest BCUT2D eigenvalue weighted by atomic mass is 16.5. The minimum absolute atomic E-state index is 0.214. The van der Waals surface area contributed by atoms with Crippen LogP contribution in [0.15, 0.2) is 36.9 Å². The summed E-state index contributed by atoms with van der Waals surface area (Å²) in [5.74, 6) is 0.988. The molecule has 0 unspecified atom stereocenters. The summed E-state index contributed by atoms with van der Waals surface area (Å²) in [5, 5.41) is 8.34. The molecule has 3 aromatic rings. The summed E-state index contributed by atoms with van der Waals surface area (Å²) in [6.07, 6.45) is 6.75. The fourth-order valence-corrected chi connectivity index (χ4v) is 3.41. The molecule has 1 aliphatic rings. The van der Waals surface area contributed by atoms with Gasteiger partial charge >= 0.3 is 0 Å². The lowest BCUT2D eigenvalue weighted by Gasteiger charge is -2.23. The number of aryl methyl sites for hydroxylation is 1. The lowest BCUT2D eigenvalue weighted by Crippen LogP contribution is -2.27. The number of aromatic nitrogens is 5. The molecule has 3 aromatic heterocycles. The Bertz CT molecular complexity index is 810. The predicted octanol–water partition coefficient (Wildman–Crippen LogP) is 1.42. The van der Waals surface area contributed by atoms with E-state index in [1.807, 2.05) is 30.1 Å². The first-order valence-corrected chi connectivity index (χ1v) is 7.78. The molecule has 4 heterocycles. The molecule has 2 atom stereocenters. The van der Waals surface area contributed by atoms with Crippen LogP contribution in [0.1, 0.15) is 24.0 Å². The van der Waals surface area contributed by atoms with Gasteiger partial charge < -0.3 is 13.7 Å². The highest BCUT2D eigenvalue weighted by Gasteiger charge is 2.36. The van der Waals surface area contributed by atoms with Crippen molar-refractivity contribution in [3.05, 3.63) is 48.4 Å².